The van der Waals surface area contributed by atoms with Crippen LogP contribution in [0.1, 0.15) is 99.3 Å². The van der Waals surface area contributed by atoms with Crippen LogP contribution in [0.15, 0.2) is 18.2 Å². The van der Waals surface area contributed by atoms with Crippen molar-refractivity contribution in [1.82, 2.24) is 0 Å². The minimum Gasteiger partial charge on any atom is -0.508 e. The molecule has 1 aromatic carbocycles. The minimum atomic E-state index is -0.374. The van der Waals surface area contributed by atoms with E-state index < -0.39 is 0 Å². The van der Waals surface area contributed by atoms with Gasteiger partial charge in [0.1, 0.15) is 5.75 Å². The summed E-state index contributed by atoms with van der Waals surface area (Å²) in [5.41, 5.74) is 1.83. The standard InChI is InChI=1S/C10H12O2.2C10H20.4CH4O.2CH3.2Ti/c11-9-5-1-3-7-8(9)4-2-6-10(7)12;2*1-6-7(2)9(4)10(5)8(6)3;4*1-2;;;;/h1,3,5,10-12H,2,4,6H2;2*6-10H,1-5H3;4*2H,1H3;2*1H3;;/q;;;;;;;2*-1;;. The Kier molecular flexibility index (Phi) is 45.0. The summed E-state index contributed by atoms with van der Waals surface area (Å²) >= 11 is 0. The molecule has 2 saturated carbocycles. The van der Waals surface area contributed by atoms with Gasteiger partial charge in [0.15, 0.2) is 0 Å². The van der Waals surface area contributed by atoms with Crippen LogP contribution in [0.4, 0.5) is 0 Å². The van der Waals surface area contributed by atoms with Crippen LogP contribution >= 0.6 is 0 Å². The second-order valence-corrected chi connectivity index (χ2v) is 11.8. The second kappa shape index (κ2) is 33.2. The van der Waals surface area contributed by atoms with Gasteiger partial charge >= 0.3 is 0 Å². The molecule has 1 aromatic rings. The third kappa shape index (κ3) is 17.4. The van der Waals surface area contributed by atoms with E-state index in [9.17, 15) is 10.2 Å². The Balaban J connectivity index is -0.0000000806. The summed E-state index contributed by atoms with van der Waals surface area (Å²) in [5, 5.41) is 47.0. The molecule has 264 valence electrons. The quantitative estimate of drug-likeness (QED) is 0.124. The van der Waals surface area contributed by atoms with E-state index in [1.54, 1.807) is 12.1 Å². The van der Waals surface area contributed by atoms with Crippen molar-refractivity contribution in [2.75, 3.05) is 28.4 Å². The maximum absolute atomic E-state index is 9.57. The predicted molar refractivity (Wildman–Crippen MR) is 183 cm³/mol. The molecule has 3 aliphatic carbocycles. The normalized spacial score (nSPS) is 31.8. The van der Waals surface area contributed by atoms with Crippen LogP contribution in [0.25, 0.3) is 0 Å². The van der Waals surface area contributed by atoms with E-state index in [4.69, 9.17) is 20.4 Å². The Morgan fingerprint density at radius 2 is 0.750 bits per heavy atom. The SMILES string of the molecule is CC1C(C)C(C)C(C)C1C.CC1C(C)C(C)C(C)C1C.CO.CO.CO.CO.Oc1cccc2c1CCCC2O.[CH3-].[CH3-].[Ti].[Ti]. The molecule has 4 rings (SSSR count). The molecule has 0 aromatic heterocycles. The monoisotopic (exact) mass is 698 g/mol. The first kappa shape index (κ1) is 59.7. The van der Waals surface area contributed by atoms with Gasteiger partial charge in [-0.15, -0.1) is 0 Å². The number of aromatic hydroxyl groups is 1. The van der Waals surface area contributed by atoms with Gasteiger partial charge in [-0.05, 0) is 95.6 Å². The average Bonchev–Trinajstić information content (AvgIpc) is 3.28. The summed E-state index contributed by atoms with van der Waals surface area (Å²) < 4.78 is 0. The molecule has 3 aliphatic rings. The van der Waals surface area contributed by atoms with Gasteiger partial charge in [-0.2, -0.15) is 0 Å². The molecule has 1 unspecified atom stereocenters. The maximum atomic E-state index is 9.57. The molecule has 6 nitrogen and oxygen atoms in total. The van der Waals surface area contributed by atoms with Gasteiger partial charge in [0.25, 0.3) is 0 Å². The Morgan fingerprint density at radius 1 is 0.500 bits per heavy atom. The molecule has 0 heterocycles. The predicted octanol–water partition coefficient (Wildman–Crippen LogP) is 7.45. The zero-order valence-electron chi connectivity index (χ0n) is 31.4. The van der Waals surface area contributed by atoms with E-state index in [0.29, 0.717) is 5.75 Å². The summed E-state index contributed by atoms with van der Waals surface area (Å²) in [5.74, 6) is 9.68. The molecular formula is C36H74O6Ti2-2. The van der Waals surface area contributed by atoms with E-state index in [2.05, 4.69) is 69.2 Å². The van der Waals surface area contributed by atoms with Crippen LogP contribution in [-0.2, 0) is 49.9 Å². The molecule has 44 heavy (non-hydrogen) atoms. The molecule has 0 radical (unpaired) electrons. The summed E-state index contributed by atoms with van der Waals surface area (Å²) in [6.45, 7) is 24.0. The molecule has 6 N–H and O–H groups in total. The van der Waals surface area contributed by atoms with Gasteiger partial charge in [0.2, 0.25) is 0 Å². The smallest absolute Gasteiger partial charge is 0.119 e. The largest absolute Gasteiger partial charge is 0.508 e. The van der Waals surface area contributed by atoms with Crippen LogP contribution in [0.5, 0.6) is 5.75 Å². The van der Waals surface area contributed by atoms with Crippen LogP contribution in [0.3, 0.4) is 0 Å². The summed E-state index contributed by atoms with van der Waals surface area (Å²) in [4.78, 5) is 0. The van der Waals surface area contributed by atoms with Gasteiger partial charge < -0.3 is 45.5 Å². The fourth-order valence-corrected chi connectivity index (χ4v) is 6.59. The number of aliphatic hydroxyl groups excluding tert-OH is 5. The Hall–Kier alpha value is 0.249. The van der Waals surface area contributed by atoms with E-state index in [1.807, 2.05) is 6.07 Å². The average molecular weight is 699 g/mol. The van der Waals surface area contributed by atoms with E-state index in [1.165, 1.54) is 0 Å². The van der Waals surface area contributed by atoms with Crippen molar-refractivity contribution in [1.29, 1.82) is 0 Å². The number of hydrogen-bond donors (Lipinski definition) is 6. The van der Waals surface area contributed by atoms with Crippen molar-refractivity contribution in [2.24, 2.45) is 59.2 Å². The fourth-order valence-electron chi connectivity index (χ4n) is 6.59. The van der Waals surface area contributed by atoms with Crippen LogP contribution in [0.2, 0.25) is 0 Å². The minimum absolute atomic E-state index is 0. The molecule has 0 saturated heterocycles. The zero-order chi connectivity index (χ0) is 32.3. The second-order valence-electron chi connectivity index (χ2n) is 11.8. The Morgan fingerprint density at radius 3 is 0.977 bits per heavy atom. The molecule has 0 spiro atoms. The van der Waals surface area contributed by atoms with Crippen molar-refractivity contribution in [3.8, 4) is 5.75 Å². The maximum Gasteiger partial charge on any atom is 0.119 e. The van der Waals surface area contributed by atoms with Crippen molar-refractivity contribution >= 4 is 0 Å². The molecule has 2 fully saturated rings. The first-order valence-electron chi connectivity index (χ1n) is 15.2. The van der Waals surface area contributed by atoms with E-state index in [-0.39, 0.29) is 64.4 Å². The first-order valence-corrected chi connectivity index (χ1v) is 15.2. The Labute approximate surface area is 304 Å². The van der Waals surface area contributed by atoms with Gasteiger partial charge in [-0.1, -0.05) is 81.4 Å². The van der Waals surface area contributed by atoms with Crippen LogP contribution < -0.4 is 0 Å². The molecule has 0 bridgehead atoms. The molecule has 0 aliphatic heterocycles. The molecule has 8 heteroatoms. The van der Waals surface area contributed by atoms with Gasteiger partial charge in [0, 0.05) is 71.9 Å². The number of phenols is 1. The fraction of sp³-hybridized carbons (Fsp3) is 0.778. The Bertz CT molecular complexity index is 619. The number of fused-ring (bicyclic) bond motifs is 1. The first-order chi connectivity index (χ1) is 18.9. The van der Waals surface area contributed by atoms with Crippen LogP contribution in [0, 0.1) is 74.0 Å². The zero-order valence-corrected chi connectivity index (χ0v) is 34.5. The number of rotatable bonds is 0. The van der Waals surface area contributed by atoms with Crippen molar-refractivity contribution in [2.45, 2.75) is 94.6 Å². The number of benzene rings is 1. The number of hydrogen-bond acceptors (Lipinski definition) is 6. The molecule has 1 atom stereocenters. The van der Waals surface area contributed by atoms with E-state index >= 15 is 0 Å². The summed E-state index contributed by atoms with van der Waals surface area (Å²) in [7, 11) is 4.00. The number of aliphatic hydroxyl groups is 5. The van der Waals surface area contributed by atoms with Crippen molar-refractivity contribution < 1.29 is 74.1 Å². The third-order valence-corrected chi connectivity index (χ3v) is 10.7. The summed E-state index contributed by atoms with van der Waals surface area (Å²) in [6, 6.07) is 5.35. The van der Waals surface area contributed by atoms with E-state index in [0.717, 1.165) is 118 Å². The topological polar surface area (TPSA) is 121 Å². The van der Waals surface area contributed by atoms with Gasteiger partial charge in [-0.25, -0.2) is 0 Å². The molecule has 0 amide bonds. The molecular weight excluding hydrogens is 624 g/mol. The van der Waals surface area contributed by atoms with Crippen molar-refractivity contribution in [3.63, 3.8) is 0 Å². The van der Waals surface area contributed by atoms with Gasteiger partial charge in [-0.3, -0.25) is 0 Å². The number of phenolic OH excluding ortho intramolecular Hbond substituents is 1. The van der Waals surface area contributed by atoms with Crippen molar-refractivity contribution in [3.05, 3.63) is 44.2 Å². The van der Waals surface area contributed by atoms with Crippen LogP contribution in [-0.4, -0.2) is 59.1 Å². The summed E-state index contributed by atoms with van der Waals surface area (Å²) in [6.07, 6.45) is 2.29. The third-order valence-electron chi connectivity index (χ3n) is 10.7. The van der Waals surface area contributed by atoms with Gasteiger partial charge in [0.05, 0.1) is 6.10 Å².